The van der Waals surface area contributed by atoms with Crippen LogP contribution in [0.15, 0.2) is 53.4 Å². The second-order valence-corrected chi connectivity index (χ2v) is 8.73. The van der Waals surface area contributed by atoms with Crippen molar-refractivity contribution in [2.45, 2.75) is 37.5 Å². The molecule has 0 spiro atoms. The van der Waals surface area contributed by atoms with Gasteiger partial charge in [-0.05, 0) is 49.1 Å². The number of hydrogen-bond acceptors (Lipinski definition) is 4. The number of piperidine rings is 1. The SMILES string of the molecule is CCc1ccccc1OCC(=O)Nc1cccc(S(=O)(=O)N2CCCCC2)c1. The molecule has 7 heteroatoms. The Hall–Kier alpha value is -2.38. The fourth-order valence-corrected chi connectivity index (χ4v) is 4.83. The molecule has 2 aromatic carbocycles. The van der Waals surface area contributed by atoms with Crippen molar-refractivity contribution in [2.75, 3.05) is 25.0 Å². The summed E-state index contributed by atoms with van der Waals surface area (Å²) in [6.45, 7) is 2.98. The van der Waals surface area contributed by atoms with Gasteiger partial charge in [0, 0.05) is 18.8 Å². The first-order valence-corrected chi connectivity index (χ1v) is 11.1. The van der Waals surface area contributed by atoms with Crippen LogP contribution in [0.5, 0.6) is 5.75 Å². The molecule has 0 bridgehead atoms. The Morgan fingerprint density at radius 1 is 1.07 bits per heavy atom. The van der Waals surface area contributed by atoms with E-state index in [-0.39, 0.29) is 17.4 Å². The standard InChI is InChI=1S/C21H26N2O4S/c1-2-17-9-4-5-12-20(17)27-16-21(24)22-18-10-8-11-19(15-18)28(25,26)23-13-6-3-7-14-23/h4-5,8-12,15H,2-3,6-7,13-14,16H2,1H3,(H,22,24). The highest BCUT2D eigenvalue weighted by atomic mass is 32.2. The Bertz CT molecular complexity index is 922. The minimum absolute atomic E-state index is 0.139. The van der Waals surface area contributed by atoms with Crippen molar-refractivity contribution in [1.82, 2.24) is 4.31 Å². The van der Waals surface area contributed by atoms with E-state index in [9.17, 15) is 13.2 Å². The Balaban J connectivity index is 1.64. The predicted molar refractivity (Wildman–Crippen MR) is 109 cm³/mol. The van der Waals surface area contributed by atoms with Gasteiger partial charge in [0.1, 0.15) is 5.75 Å². The summed E-state index contributed by atoms with van der Waals surface area (Å²) in [7, 11) is -3.53. The molecular weight excluding hydrogens is 376 g/mol. The van der Waals surface area contributed by atoms with E-state index in [2.05, 4.69) is 5.32 Å². The third-order valence-electron chi connectivity index (χ3n) is 4.78. The highest BCUT2D eigenvalue weighted by Crippen LogP contribution is 2.23. The molecule has 150 valence electrons. The van der Waals surface area contributed by atoms with E-state index in [0.29, 0.717) is 24.5 Å². The molecule has 1 fully saturated rings. The van der Waals surface area contributed by atoms with E-state index in [0.717, 1.165) is 31.2 Å². The number of carbonyl (C=O) groups excluding carboxylic acids is 1. The molecule has 0 saturated carbocycles. The molecule has 0 radical (unpaired) electrons. The van der Waals surface area contributed by atoms with E-state index in [4.69, 9.17) is 4.74 Å². The fraction of sp³-hybridized carbons (Fsp3) is 0.381. The zero-order valence-corrected chi connectivity index (χ0v) is 16.9. The third-order valence-corrected chi connectivity index (χ3v) is 6.68. The summed E-state index contributed by atoms with van der Waals surface area (Å²) < 4.78 is 32.7. The van der Waals surface area contributed by atoms with E-state index in [1.165, 1.54) is 10.4 Å². The summed E-state index contributed by atoms with van der Waals surface area (Å²) in [6.07, 6.45) is 3.63. The molecule has 1 amide bonds. The molecule has 28 heavy (non-hydrogen) atoms. The van der Waals surface area contributed by atoms with Gasteiger partial charge in [0.05, 0.1) is 4.90 Å². The van der Waals surface area contributed by atoms with Gasteiger partial charge in [0.15, 0.2) is 6.61 Å². The van der Waals surface area contributed by atoms with Crippen LogP contribution in [0.2, 0.25) is 0 Å². The Morgan fingerprint density at radius 3 is 2.57 bits per heavy atom. The molecule has 2 aromatic rings. The van der Waals surface area contributed by atoms with Crippen LogP contribution in [0.3, 0.4) is 0 Å². The number of ether oxygens (including phenoxy) is 1. The molecule has 0 aromatic heterocycles. The molecule has 1 saturated heterocycles. The van der Waals surface area contributed by atoms with Gasteiger partial charge < -0.3 is 10.1 Å². The molecule has 1 aliphatic heterocycles. The second-order valence-electron chi connectivity index (χ2n) is 6.79. The lowest BCUT2D eigenvalue weighted by Gasteiger charge is -2.26. The van der Waals surface area contributed by atoms with Gasteiger partial charge in [-0.15, -0.1) is 0 Å². The summed E-state index contributed by atoms with van der Waals surface area (Å²) in [4.78, 5) is 12.5. The predicted octanol–water partition coefficient (Wildman–Crippen LogP) is 3.44. The number of aryl methyl sites for hydroxylation is 1. The number of carbonyl (C=O) groups is 1. The zero-order valence-electron chi connectivity index (χ0n) is 16.1. The monoisotopic (exact) mass is 402 g/mol. The van der Waals surface area contributed by atoms with Crippen LogP contribution in [0.4, 0.5) is 5.69 Å². The topological polar surface area (TPSA) is 75.7 Å². The summed E-state index contributed by atoms with van der Waals surface area (Å²) in [6, 6.07) is 14.0. The van der Waals surface area contributed by atoms with Crippen molar-refractivity contribution in [3.05, 3.63) is 54.1 Å². The quantitative estimate of drug-likeness (QED) is 0.770. The van der Waals surface area contributed by atoms with E-state index in [1.54, 1.807) is 18.2 Å². The van der Waals surface area contributed by atoms with Crippen molar-refractivity contribution in [3.8, 4) is 5.75 Å². The van der Waals surface area contributed by atoms with Crippen LogP contribution in [0, 0.1) is 0 Å². The smallest absolute Gasteiger partial charge is 0.262 e. The second kappa shape index (κ2) is 9.21. The van der Waals surface area contributed by atoms with E-state index in [1.807, 2.05) is 31.2 Å². The Labute approximate surface area is 166 Å². The van der Waals surface area contributed by atoms with Gasteiger partial charge in [-0.25, -0.2) is 8.42 Å². The third kappa shape index (κ3) is 4.91. The molecule has 3 rings (SSSR count). The number of rotatable bonds is 7. The molecule has 6 nitrogen and oxygen atoms in total. The molecule has 1 heterocycles. The average molecular weight is 403 g/mol. The Kier molecular flexibility index (Phi) is 6.70. The number of amides is 1. The van der Waals surface area contributed by atoms with Crippen molar-refractivity contribution in [3.63, 3.8) is 0 Å². The highest BCUT2D eigenvalue weighted by Gasteiger charge is 2.26. The average Bonchev–Trinajstić information content (AvgIpc) is 2.73. The number of nitrogens with one attached hydrogen (secondary N) is 1. The molecular formula is C21H26N2O4S. The van der Waals surface area contributed by atoms with Crippen LogP contribution in [0.1, 0.15) is 31.7 Å². The fourth-order valence-electron chi connectivity index (χ4n) is 3.27. The van der Waals surface area contributed by atoms with Crippen molar-refractivity contribution >= 4 is 21.6 Å². The van der Waals surface area contributed by atoms with Gasteiger partial charge in [0.2, 0.25) is 10.0 Å². The van der Waals surface area contributed by atoms with Crippen LogP contribution in [-0.4, -0.2) is 38.3 Å². The summed E-state index contributed by atoms with van der Waals surface area (Å²) in [5.41, 5.74) is 1.47. The maximum atomic E-state index is 12.8. The van der Waals surface area contributed by atoms with Gasteiger partial charge in [-0.1, -0.05) is 37.6 Å². The Morgan fingerprint density at radius 2 is 1.82 bits per heavy atom. The minimum Gasteiger partial charge on any atom is -0.483 e. The minimum atomic E-state index is -3.53. The normalized spacial score (nSPS) is 15.2. The largest absolute Gasteiger partial charge is 0.483 e. The first kappa shape index (κ1) is 20.4. The maximum Gasteiger partial charge on any atom is 0.262 e. The first-order chi connectivity index (χ1) is 13.5. The molecule has 0 aliphatic carbocycles. The molecule has 0 atom stereocenters. The van der Waals surface area contributed by atoms with Crippen LogP contribution in [0.25, 0.3) is 0 Å². The maximum absolute atomic E-state index is 12.8. The lowest BCUT2D eigenvalue weighted by atomic mass is 10.1. The number of sulfonamides is 1. The number of hydrogen-bond donors (Lipinski definition) is 1. The van der Waals surface area contributed by atoms with Gasteiger partial charge in [-0.2, -0.15) is 4.31 Å². The van der Waals surface area contributed by atoms with Crippen molar-refractivity contribution < 1.29 is 17.9 Å². The summed E-state index contributed by atoms with van der Waals surface area (Å²) in [5, 5.41) is 2.72. The summed E-state index contributed by atoms with van der Waals surface area (Å²) >= 11 is 0. The molecule has 1 N–H and O–H groups in total. The van der Waals surface area contributed by atoms with Crippen LogP contribution >= 0.6 is 0 Å². The van der Waals surface area contributed by atoms with Crippen molar-refractivity contribution in [2.24, 2.45) is 0 Å². The molecule has 0 unspecified atom stereocenters. The van der Waals surface area contributed by atoms with Crippen LogP contribution < -0.4 is 10.1 Å². The van der Waals surface area contributed by atoms with E-state index >= 15 is 0 Å². The number of para-hydroxylation sites is 1. The van der Waals surface area contributed by atoms with Gasteiger partial charge in [-0.3, -0.25) is 4.79 Å². The van der Waals surface area contributed by atoms with Crippen LogP contribution in [-0.2, 0) is 21.2 Å². The molecule has 1 aliphatic rings. The lowest BCUT2D eigenvalue weighted by molar-refractivity contribution is -0.118. The number of benzene rings is 2. The lowest BCUT2D eigenvalue weighted by Crippen LogP contribution is -2.35. The zero-order chi connectivity index (χ0) is 20.0. The highest BCUT2D eigenvalue weighted by molar-refractivity contribution is 7.89. The van der Waals surface area contributed by atoms with Gasteiger partial charge in [0.25, 0.3) is 5.91 Å². The van der Waals surface area contributed by atoms with Crippen molar-refractivity contribution in [1.29, 1.82) is 0 Å². The summed E-state index contributed by atoms with van der Waals surface area (Å²) in [5.74, 6) is 0.347. The van der Waals surface area contributed by atoms with Gasteiger partial charge >= 0.3 is 0 Å². The number of nitrogens with zero attached hydrogens (tertiary/aromatic N) is 1. The van der Waals surface area contributed by atoms with E-state index < -0.39 is 10.0 Å². The number of anilines is 1. The first-order valence-electron chi connectivity index (χ1n) is 9.61.